The van der Waals surface area contributed by atoms with E-state index >= 15 is 0 Å². The van der Waals surface area contributed by atoms with E-state index in [1.807, 2.05) is 18.7 Å². The lowest BCUT2D eigenvalue weighted by molar-refractivity contribution is -0.131. The Balaban J connectivity index is 1.06. The van der Waals surface area contributed by atoms with Crippen LogP contribution in [0.1, 0.15) is 36.3 Å². The summed E-state index contributed by atoms with van der Waals surface area (Å²) in [6.45, 7) is 12.8. The molecule has 10 nitrogen and oxygen atoms in total. The number of hydrogen-bond donors (Lipinski definition) is 0. The second kappa shape index (κ2) is 10.9. The van der Waals surface area contributed by atoms with Crippen molar-refractivity contribution >= 4 is 17.5 Å². The number of nitrogens with zero attached hydrogens (tertiary/aromatic N) is 7. The molecular formula is C25H37N7O3. The van der Waals surface area contributed by atoms with Crippen LogP contribution in [-0.2, 0) is 16.0 Å². The topological polar surface area (TPSA) is 91.1 Å². The number of rotatable bonds is 7. The summed E-state index contributed by atoms with van der Waals surface area (Å²) < 4.78 is 11.0. The van der Waals surface area contributed by atoms with Crippen LogP contribution in [0.2, 0.25) is 0 Å². The Morgan fingerprint density at radius 2 is 1.63 bits per heavy atom. The number of aryl methyl sites for hydroxylation is 2. The van der Waals surface area contributed by atoms with Gasteiger partial charge in [-0.3, -0.25) is 9.69 Å². The highest BCUT2D eigenvalue weighted by atomic mass is 16.5. The summed E-state index contributed by atoms with van der Waals surface area (Å²) in [4.78, 5) is 21.7. The van der Waals surface area contributed by atoms with Crippen molar-refractivity contribution in [3.05, 3.63) is 29.2 Å². The van der Waals surface area contributed by atoms with Gasteiger partial charge in [-0.05, 0) is 45.2 Å². The molecule has 2 aromatic heterocycles. The highest BCUT2D eigenvalue weighted by Gasteiger charge is 2.25. The van der Waals surface area contributed by atoms with E-state index in [1.54, 1.807) is 0 Å². The maximum atomic E-state index is 12.7. The third kappa shape index (κ3) is 5.75. The predicted molar refractivity (Wildman–Crippen MR) is 133 cm³/mol. The van der Waals surface area contributed by atoms with Crippen molar-refractivity contribution in [3.8, 4) is 0 Å². The molecule has 0 N–H and O–H groups in total. The monoisotopic (exact) mass is 483 g/mol. The maximum absolute atomic E-state index is 12.7. The van der Waals surface area contributed by atoms with Gasteiger partial charge in [0.05, 0.1) is 11.8 Å². The highest BCUT2D eigenvalue weighted by Crippen LogP contribution is 2.20. The first kappa shape index (κ1) is 24.0. The van der Waals surface area contributed by atoms with E-state index in [2.05, 4.69) is 42.2 Å². The van der Waals surface area contributed by atoms with Gasteiger partial charge in [0.15, 0.2) is 11.6 Å². The fourth-order valence-corrected chi connectivity index (χ4v) is 5.33. The average Bonchev–Trinajstić information content (AvgIpc) is 3.52. The van der Waals surface area contributed by atoms with Gasteiger partial charge >= 0.3 is 0 Å². The summed E-state index contributed by atoms with van der Waals surface area (Å²) in [6, 6.07) is 4.15. The van der Waals surface area contributed by atoms with E-state index in [-0.39, 0.29) is 5.91 Å². The molecule has 5 heterocycles. The van der Waals surface area contributed by atoms with Crippen molar-refractivity contribution in [2.45, 2.75) is 45.6 Å². The maximum Gasteiger partial charge on any atom is 0.223 e. The molecule has 35 heavy (non-hydrogen) atoms. The Hall–Kier alpha value is -2.72. The number of carbonyl (C=O) groups excluding carboxylic acids is 1. The van der Waals surface area contributed by atoms with Crippen LogP contribution < -0.4 is 9.80 Å². The second-order valence-corrected chi connectivity index (χ2v) is 9.84. The fourth-order valence-electron chi connectivity index (χ4n) is 5.33. The zero-order chi connectivity index (χ0) is 24.2. The van der Waals surface area contributed by atoms with Gasteiger partial charge in [-0.2, -0.15) is 0 Å². The first-order valence-electron chi connectivity index (χ1n) is 12.9. The quantitative estimate of drug-likeness (QED) is 0.583. The van der Waals surface area contributed by atoms with E-state index in [0.717, 1.165) is 81.1 Å². The van der Waals surface area contributed by atoms with Gasteiger partial charge in [-0.15, -0.1) is 10.2 Å². The molecule has 1 atom stereocenters. The average molecular weight is 484 g/mol. The molecule has 3 fully saturated rings. The molecular weight excluding hydrogens is 446 g/mol. The zero-order valence-corrected chi connectivity index (χ0v) is 21.0. The Morgan fingerprint density at radius 1 is 0.971 bits per heavy atom. The third-order valence-corrected chi connectivity index (χ3v) is 7.54. The van der Waals surface area contributed by atoms with Gasteiger partial charge in [0, 0.05) is 77.5 Å². The van der Waals surface area contributed by atoms with Gasteiger partial charge in [0.2, 0.25) is 5.91 Å². The standard InChI is InChI=1S/C25H37N7O3/c1-19-22(20(2)35-28-19)5-8-25(33)32-15-13-31(14-16-32)24-7-6-23(26-27-24)30-11-9-29(10-12-30)18-21-4-3-17-34-21/h6-7,21H,3-5,8-18H2,1-2H3. The molecule has 2 aromatic rings. The number of piperazine rings is 2. The molecule has 0 spiro atoms. The predicted octanol–water partition coefficient (Wildman–Crippen LogP) is 1.66. The largest absolute Gasteiger partial charge is 0.377 e. The summed E-state index contributed by atoms with van der Waals surface area (Å²) in [7, 11) is 0. The molecule has 0 aromatic carbocycles. The smallest absolute Gasteiger partial charge is 0.223 e. The molecule has 1 amide bonds. The number of anilines is 2. The van der Waals surface area contributed by atoms with Crippen molar-refractivity contribution in [2.24, 2.45) is 0 Å². The van der Waals surface area contributed by atoms with Crippen molar-refractivity contribution in [3.63, 3.8) is 0 Å². The molecule has 0 bridgehead atoms. The first-order chi connectivity index (χ1) is 17.1. The minimum atomic E-state index is 0.185. The van der Waals surface area contributed by atoms with Gasteiger partial charge in [0.25, 0.3) is 0 Å². The Morgan fingerprint density at radius 3 is 2.17 bits per heavy atom. The second-order valence-electron chi connectivity index (χ2n) is 9.84. The Labute approximate surface area is 207 Å². The Bertz CT molecular complexity index is 954. The molecule has 0 radical (unpaired) electrons. The minimum Gasteiger partial charge on any atom is -0.377 e. The lowest BCUT2D eigenvalue weighted by Crippen LogP contribution is -2.49. The number of carbonyl (C=O) groups is 1. The van der Waals surface area contributed by atoms with Crippen LogP contribution in [0.15, 0.2) is 16.7 Å². The summed E-state index contributed by atoms with van der Waals surface area (Å²) in [6.07, 6.45) is 3.96. The lowest BCUT2D eigenvalue weighted by atomic mass is 10.1. The molecule has 190 valence electrons. The van der Waals surface area contributed by atoms with Gasteiger partial charge in [0.1, 0.15) is 5.76 Å². The van der Waals surface area contributed by atoms with Gasteiger partial charge in [-0.1, -0.05) is 5.16 Å². The molecule has 3 saturated heterocycles. The third-order valence-electron chi connectivity index (χ3n) is 7.54. The van der Waals surface area contributed by atoms with Crippen LogP contribution in [0, 0.1) is 13.8 Å². The van der Waals surface area contributed by atoms with E-state index in [9.17, 15) is 4.79 Å². The molecule has 10 heteroatoms. The first-order valence-corrected chi connectivity index (χ1v) is 12.9. The minimum absolute atomic E-state index is 0.185. The highest BCUT2D eigenvalue weighted by molar-refractivity contribution is 5.76. The molecule has 1 unspecified atom stereocenters. The molecule has 0 saturated carbocycles. The lowest BCUT2D eigenvalue weighted by Gasteiger charge is -2.37. The summed E-state index contributed by atoms with van der Waals surface area (Å²) in [5.74, 6) is 2.82. The number of ether oxygens (including phenoxy) is 1. The van der Waals surface area contributed by atoms with Crippen molar-refractivity contribution in [1.29, 1.82) is 0 Å². The van der Waals surface area contributed by atoms with Crippen molar-refractivity contribution in [2.75, 3.05) is 75.3 Å². The van der Waals surface area contributed by atoms with Crippen LogP contribution in [0.25, 0.3) is 0 Å². The van der Waals surface area contributed by atoms with E-state index in [0.29, 0.717) is 32.0 Å². The molecule has 5 rings (SSSR count). The van der Waals surface area contributed by atoms with Crippen molar-refractivity contribution in [1.82, 2.24) is 25.2 Å². The van der Waals surface area contributed by atoms with Crippen LogP contribution in [0.3, 0.4) is 0 Å². The Kier molecular flexibility index (Phi) is 7.48. The summed E-state index contributed by atoms with van der Waals surface area (Å²) in [5.41, 5.74) is 1.93. The van der Waals surface area contributed by atoms with Crippen LogP contribution in [0.4, 0.5) is 11.6 Å². The molecule has 3 aliphatic rings. The summed E-state index contributed by atoms with van der Waals surface area (Å²) in [5, 5.41) is 13.0. The fraction of sp³-hybridized carbons (Fsp3) is 0.680. The normalized spacial score (nSPS) is 21.7. The van der Waals surface area contributed by atoms with Crippen LogP contribution in [0.5, 0.6) is 0 Å². The number of amides is 1. The van der Waals surface area contributed by atoms with Crippen LogP contribution >= 0.6 is 0 Å². The summed E-state index contributed by atoms with van der Waals surface area (Å²) >= 11 is 0. The molecule has 0 aliphatic carbocycles. The van der Waals surface area contributed by atoms with Crippen molar-refractivity contribution < 1.29 is 14.1 Å². The van der Waals surface area contributed by atoms with E-state index in [1.165, 1.54) is 12.8 Å². The van der Waals surface area contributed by atoms with E-state index < -0.39 is 0 Å². The van der Waals surface area contributed by atoms with Crippen LogP contribution in [-0.4, -0.2) is 103 Å². The SMILES string of the molecule is Cc1noc(C)c1CCC(=O)N1CCN(c2ccc(N3CCN(CC4CCCO4)CC3)nn2)CC1. The van der Waals surface area contributed by atoms with Gasteiger partial charge in [-0.25, -0.2) is 0 Å². The zero-order valence-electron chi connectivity index (χ0n) is 21.0. The molecule has 3 aliphatic heterocycles. The van der Waals surface area contributed by atoms with E-state index in [4.69, 9.17) is 9.26 Å². The van der Waals surface area contributed by atoms with Gasteiger partial charge < -0.3 is 24.0 Å². The number of aromatic nitrogens is 3. The number of hydrogen-bond acceptors (Lipinski definition) is 9.